The normalized spacial score (nSPS) is 16.5. The second-order valence-electron chi connectivity index (χ2n) is 6.45. The molecule has 1 fully saturated rings. The highest BCUT2D eigenvalue weighted by Gasteiger charge is 2.24. The summed E-state index contributed by atoms with van der Waals surface area (Å²) < 4.78 is 6.33. The fourth-order valence-corrected chi connectivity index (χ4v) is 3.74. The van der Waals surface area contributed by atoms with Crippen LogP contribution < -0.4 is 20.3 Å². The fraction of sp³-hybridized carbons (Fsp3) is 0.350. The molecule has 0 bridgehead atoms. The monoisotopic (exact) mass is 560 g/mol. The molecule has 6 nitrogen and oxygen atoms in total. The van der Waals surface area contributed by atoms with Crippen molar-refractivity contribution in [2.75, 3.05) is 32.1 Å². The van der Waals surface area contributed by atoms with Crippen LogP contribution in [0, 0.1) is 0 Å². The Balaban J connectivity index is 0.00000280. The molecule has 28 heavy (non-hydrogen) atoms. The zero-order chi connectivity index (χ0) is 19.2. The Kier molecular flexibility index (Phi) is 8.68. The second-order valence-corrected chi connectivity index (χ2v) is 7.30. The number of hydrogen-bond donors (Lipinski definition) is 3. The number of anilines is 1. The molecule has 0 aliphatic carbocycles. The summed E-state index contributed by atoms with van der Waals surface area (Å²) in [6, 6.07) is 13.8. The Bertz CT molecular complexity index is 819. The van der Waals surface area contributed by atoms with E-state index in [-0.39, 0.29) is 29.7 Å². The van der Waals surface area contributed by atoms with Crippen molar-refractivity contribution in [3.8, 4) is 11.5 Å². The van der Waals surface area contributed by atoms with Crippen LogP contribution in [0.4, 0.5) is 5.69 Å². The Morgan fingerprint density at radius 3 is 2.82 bits per heavy atom. The molecule has 1 unspecified atom stereocenters. The maximum Gasteiger partial charge on any atom is 0.191 e. The van der Waals surface area contributed by atoms with Gasteiger partial charge in [-0.05, 0) is 52.7 Å². The topological polar surface area (TPSA) is 69.1 Å². The Labute approximate surface area is 191 Å². The lowest BCUT2D eigenvalue weighted by Gasteiger charge is -2.21. The third-order valence-electron chi connectivity index (χ3n) is 4.68. The molecular weight excluding hydrogens is 535 g/mol. The van der Waals surface area contributed by atoms with Crippen molar-refractivity contribution >= 4 is 51.6 Å². The molecule has 1 atom stereocenters. The smallest absolute Gasteiger partial charge is 0.191 e. The van der Waals surface area contributed by atoms with Gasteiger partial charge in [0.1, 0.15) is 11.5 Å². The zero-order valence-corrected chi connectivity index (χ0v) is 19.9. The van der Waals surface area contributed by atoms with Crippen molar-refractivity contribution in [3.63, 3.8) is 0 Å². The van der Waals surface area contributed by atoms with Crippen LogP contribution in [0.5, 0.6) is 11.5 Å². The van der Waals surface area contributed by atoms with Crippen molar-refractivity contribution in [1.29, 1.82) is 0 Å². The molecule has 1 aliphatic rings. The number of guanidine groups is 1. The van der Waals surface area contributed by atoms with Crippen LogP contribution >= 0.6 is 39.9 Å². The number of hydrogen-bond acceptors (Lipinski definition) is 4. The molecule has 0 saturated carbocycles. The standard InChI is InChI=1S/C20H25BrN4O2.HI/c1-22-20(23-12-14-11-16(27-2)7-8-19(14)26)24-15-9-10-25(13-15)18-6-4-3-5-17(18)21;/h3-8,11,15,26H,9-10,12-13H2,1-2H3,(H2,22,23,24);1H. The van der Waals surface area contributed by atoms with Gasteiger partial charge in [0.2, 0.25) is 0 Å². The number of phenols is 1. The second kappa shape index (κ2) is 10.8. The molecule has 0 radical (unpaired) electrons. The lowest BCUT2D eigenvalue weighted by atomic mass is 10.2. The summed E-state index contributed by atoms with van der Waals surface area (Å²) in [5, 5.41) is 16.8. The summed E-state index contributed by atoms with van der Waals surface area (Å²) in [4.78, 5) is 6.67. The van der Waals surface area contributed by atoms with Gasteiger partial charge in [0.05, 0.1) is 12.8 Å². The van der Waals surface area contributed by atoms with Crippen LogP contribution in [0.25, 0.3) is 0 Å². The van der Waals surface area contributed by atoms with E-state index in [1.54, 1.807) is 26.3 Å². The Morgan fingerprint density at radius 1 is 1.32 bits per heavy atom. The molecule has 3 N–H and O–H groups in total. The van der Waals surface area contributed by atoms with Gasteiger partial charge in [0, 0.05) is 42.8 Å². The zero-order valence-electron chi connectivity index (χ0n) is 16.0. The SMILES string of the molecule is CN=C(NCc1cc(OC)ccc1O)NC1CCN(c2ccccc2Br)C1.I. The van der Waals surface area contributed by atoms with Crippen LogP contribution in [0.3, 0.4) is 0 Å². The van der Waals surface area contributed by atoms with Crippen LogP contribution in [0.1, 0.15) is 12.0 Å². The Hall–Kier alpha value is -1.68. The van der Waals surface area contributed by atoms with Crippen molar-refractivity contribution in [2.45, 2.75) is 19.0 Å². The number of ether oxygens (including phenoxy) is 1. The average molecular weight is 561 g/mol. The molecule has 2 aromatic rings. The van der Waals surface area contributed by atoms with Crippen LogP contribution in [-0.2, 0) is 6.54 Å². The molecule has 1 heterocycles. The van der Waals surface area contributed by atoms with Gasteiger partial charge in [-0.25, -0.2) is 0 Å². The summed E-state index contributed by atoms with van der Waals surface area (Å²) in [6.45, 7) is 2.37. The maximum absolute atomic E-state index is 10.0. The predicted octanol–water partition coefficient (Wildman–Crippen LogP) is 3.73. The third-order valence-corrected chi connectivity index (χ3v) is 5.35. The summed E-state index contributed by atoms with van der Waals surface area (Å²) in [6.07, 6.45) is 1.03. The molecule has 2 aromatic carbocycles. The number of benzene rings is 2. The van der Waals surface area contributed by atoms with Gasteiger partial charge in [0.25, 0.3) is 0 Å². The van der Waals surface area contributed by atoms with Crippen molar-refractivity contribution in [1.82, 2.24) is 10.6 Å². The quantitative estimate of drug-likeness (QED) is 0.295. The van der Waals surface area contributed by atoms with Gasteiger partial charge in [-0.1, -0.05) is 12.1 Å². The fourth-order valence-electron chi connectivity index (χ4n) is 3.20. The average Bonchev–Trinajstić information content (AvgIpc) is 3.14. The number of nitrogens with zero attached hydrogens (tertiary/aromatic N) is 2. The minimum absolute atomic E-state index is 0. The first-order valence-corrected chi connectivity index (χ1v) is 9.72. The van der Waals surface area contributed by atoms with Crippen LogP contribution in [-0.4, -0.2) is 44.4 Å². The largest absolute Gasteiger partial charge is 0.508 e. The lowest BCUT2D eigenvalue weighted by molar-refractivity contribution is 0.410. The number of para-hydroxylation sites is 1. The summed E-state index contributed by atoms with van der Waals surface area (Å²) >= 11 is 3.63. The number of nitrogens with one attached hydrogen (secondary N) is 2. The molecule has 3 rings (SSSR count). The molecule has 0 spiro atoms. The first kappa shape index (κ1) is 22.6. The van der Waals surface area contributed by atoms with Crippen molar-refractivity contribution in [2.24, 2.45) is 4.99 Å². The molecular formula is C20H26BrIN4O2. The van der Waals surface area contributed by atoms with Gasteiger partial charge in [-0.15, -0.1) is 24.0 Å². The summed E-state index contributed by atoms with van der Waals surface area (Å²) in [5.41, 5.74) is 1.98. The van der Waals surface area contributed by atoms with Gasteiger partial charge in [0.15, 0.2) is 5.96 Å². The number of methoxy groups -OCH3 is 1. The van der Waals surface area contributed by atoms with Crippen molar-refractivity contribution in [3.05, 3.63) is 52.5 Å². The highest BCUT2D eigenvalue weighted by atomic mass is 127. The number of rotatable bonds is 5. The molecule has 1 aliphatic heterocycles. The molecule has 152 valence electrons. The van der Waals surface area contributed by atoms with E-state index in [4.69, 9.17) is 4.74 Å². The van der Waals surface area contributed by atoms with E-state index in [1.807, 2.05) is 12.1 Å². The van der Waals surface area contributed by atoms with E-state index in [9.17, 15) is 5.11 Å². The van der Waals surface area contributed by atoms with Crippen LogP contribution in [0.15, 0.2) is 51.9 Å². The van der Waals surface area contributed by atoms with Crippen LogP contribution in [0.2, 0.25) is 0 Å². The van der Waals surface area contributed by atoms with E-state index >= 15 is 0 Å². The van der Waals surface area contributed by atoms with E-state index in [0.717, 1.165) is 35.5 Å². The lowest BCUT2D eigenvalue weighted by Crippen LogP contribution is -2.44. The molecule has 8 heteroatoms. The first-order valence-electron chi connectivity index (χ1n) is 8.93. The van der Waals surface area contributed by atoms with E-state index < -0.39 is 0 Å². The number of halogens is 2. The van der Waals surface area contributed by atoms with E-state index in [1.165, 1.54) is 5.69 Å². The van der Waals surface area contributed by atoms with Crippen molar-refractivity contribution < 1.29 is 9.84 Å². The molecule has 0 amide bonds. The Morgan fingerprint density at radius 2 is 2.11 bits per heavy atom. The highest BCUT2D eigenvalue weighted by Crippen LogP contribution is 2.28. The van der Waals surface area contributed by atoms with E-state index in [0.29, 0.717) is 18.3 Å². The van der Waals surface area contributed by atoms with Gasteiger partial charge < -0.3 is 25.4 Å². The minimum Gasteiger partial charge on any atom is -0.508 e. The molecule has 1 saturated heterocycles. The van der Waals surface area contributed by atoms with Gasteiger partial charge >= 0.3 is 0 Å². The van der Waals surface area contributed by atoms with Gasteiger partial charge in [-0.3, -0.25) is 4.99 Å². The first-order chi connectivity index (χ1) is 13.1. The summed E-state index contributed by atoms with van der Waals surface area (Å²) in [5.74, 6) is 1.67. The summed E-state index contributed by atoms with van der Waals surface area (Å²) in [7, 11) is 3.36. The maximum atomic E-state index is 10.0. The number of aromatic hydroxyl groups is 1. The highest BCUT2D eigenvalue weighted by molar-refractivity contribution is 14.0. The van der Waals surface area contributed by atoms with E-state index in [2.05, 4.69) is 54.7 Å². The number of aliphatic imine (C=N–C) groups is 1. The molecule has 0 aromatic heterocycles. The van der Waals surface area contributed by atoms with Gasteiger partial charge in [-0.2, -0.15) is 0 Å². The predicted molar refractivity (Wildman–Crippen MR) is 128 cm³/mol. The minimum atomic E-state index is 0. The third kappa shape index (κ3) is 5.66. The number of phenolic OH excluding ortho intramolecular Hbond substituents is 1.